The van der Waals surface area contributed by atoms with Crippen molar-refractivity contribution in [2.75, 3.05) is 26.2 Å². The molecule has 0 saturated carbocycles. The molecule has 1 atom stereocenters. The van der Waals surface area contributed by atoms with E-state index in [1.165, 1.54) is 24.0 Å². The topological polar surface area (TPSA) is 68.4 Å². The number of aliphatic hydroxyl groups excluding tert-OH is 1. The molecule has 3 N–H and O–H groups in total. The Morgan fingerprint density at radius 3 is 2.88 bits per heavy atom. The van der Waals surface area contributed by atoms with Crippen LogP contribution in [0.4, 0.5) is 0 Å². The molecule has 2 aromatic rings. The van der Waals surface area contributed by atoms with Crippen molar-refractivity contribution in [3.05, 3.63) is 34.5 Å². The Morgan fingerprint density at radius 2 is 2.12 bits per heavy atom. The number of benzene rings is 1. The van der Waals surface area contributed by atoms with E-state index in [0.717, 1.165) is 41.7 Å². The SMILES string of the molecule is Cc1cc(C)c2[nH]c(C)c(CC(=O)NCCN3CCCCC3CO)c2c1. The molecule has 5 nitrogen and oxygen atoms in total. The van der Waals surface area contributed by atoms with Gasteiger partial charge in [-0.25, -0.2) is 0 Å². The number of H-pyrrole nitrogens is 1. The second kappa shape index (κ2) is 8.23. The molecule has 0 bridgehead atoms. The normalized spacial score (nSPS) is 18.4. The fourth-order valence-corrected chi connectivity index (χ4v) is 4.19. The maximum Gasteiger partial charge on any atom is 0.224 e. The van der Waals surface area contributed by atoms with Crippen LogP contribution in [0.1, 0.15) is 41.6 Å². The van der Waals surface area contributed by atoms with Crippen molar-refractivity contribution in [1.29, 1.82) is 0 Å². The van der Waals surface area contributed by atoms with Crippen molar-refractivity contribution in [2.24, 2.45) is 0 Å². The Balaban J connectivity index is 1.60. The number of nitrogens with one attached hydrogen (secondary N) is 2. The van der Waals surface area contributed by atoms with Crippen molar-refractivity contribution in [3.8, 4) is 0 Å². The quantitative estimate of drug-likeness (QED) is 0.744. The van der Waals surface area contributed by atoms with Gasteiger partial charge in [0.25, 0.3) is 0 Å². The number of hydrogen-bond acceptors (Lipinski definition) is 3. The number of rotatable bonds is 6. The second-order valence-corrected chi connectivity index (χ2v) is 7.63. The maximum atomic E-state index is 12.5. The van der Waals surface area contributed by atoms with Gasteiger partial charge in [0, 0.05) is 35.7 Å². The summed E-state index contributed by atoms with van der Waals surface area (Å²) in [6.07, 6.45) is 3.82. The zero-order valence-electron chi connectivity index (χ0n) is 16.2. The van der Waals surface area contributed by atoms with Crippen LogP contribution in [-0.2, 0) is 11.2 Å². The van der Waals surface area contributed by atoms with E-state index in [0.29, 0.717) is 13.0 Å². The van der Waals surface area contributed by atoms with E-state index in [4.69, 9.17) is 0 Å². The Kier molecular flexibility index (Phi) is 5.99. The largest absolute Gasteiger partial charge is 0.395 e. The minimum atomic E-state index is 0.0608. The van der Waals surface area contributed by atoms with Crippen molar-refractivity contribution in [2.45, 2.75) is 52.5 Å². The highest BCUT2D eigenvalue weighted by molar-refractivity contribution is 5.92. The molecule has 1 amide bonds. The number of aromatic amines is 1. The first-order valence-corrected chi connectivity index (χ1v) is 9.69. The average Bonchev–Trinajstić information content (AvgIpc) is 2.92. The van der Waals surface area contributed by atoms with Gasteiger partial charge in [0.05, 0.1) is 13.0 Å². The van der Waals surface area contributed by atoms with Crippen LogP contribution in [0, 0.1) is 20.8 Å². The summed E-state index contributed by atoms with van der Waals surface area (Å²) in [7, 11) is 0. The van der Waals surface area contributed by atoms with Gasteiger partial charge in [-0.1, -0.05) is 18.1 Å². The highest BCUT2D eigenvalue weighted by Crippen LogP contribution is 2.26. The molecule has 1 aliphatic heterocycles. The van der Waals surface area contributed by atoms with E-state index in [1.807, 2.05) is 6.92 Å². The number of amides is 1. The molecule has 1 aromatic heterocycles. The van der Waals surface area contributed by atoms with Crippen molar-refractivity contribution in [1.82, 2.24) is 15.2 Å². The number of likely N-dealkylation sites (tertiary alicyclic amines) is 1. The molecular formula is C21H31N3O2. The number of aryl methyl sites for hydroxylation is 3. The van der Waals surface area contributed by atoms with Gasteiger partial charge < -0.3 is 15.4 Å². The summed E-state index contributed by atoms with van der Waals surface area (Å²) >= 11 is 0. The number of aliphatic hydroxyl groups is 1. The summed E-state index contributed by atoms with van der Waals surface area (Å²) < 4.78 is 0. The lowest BCUT2D eigenvalue weighted by Gasteiger charge is -2.34. The van der Waals surface area contributed by atoms with Gasteiger partial charge in [-0.05, 0) is 57.4 Å². The third-order valence-corrected chi connectivity index (χ3v) is 5.59. The van der Waals surface area contributed by atoms with E-state index in [2.05, 4.69) is 41.2 Å². The average molecular weight is 357 g/mol. The van der Waals surface area contributed by atoms with Crippen LogP contribution in [0.3, 0.4) is 0 Å². The van der Waals surface area contributed by atoms with E-state index >= 15 is 0 Å². The van der Waals surface area contributed by atoms with Gasteiger partial charge in [0.1, 0.15) is 0 Å². The minimum absolute atomic E-state index is 0.0608. The molecule has 0 spiro atoms. The van der Waals surface area contributed by atoms with Crippen molar-refractivity contribution in [3.63, 3.8) is 0 Å². The number of nitrogens with zero attached hydrogens (tertiary/aromatic N) is 1. The van der Waals surface area contributed by atoms with Gasteiger partial charge in [-0.2, -0.15) is 0 Å². The van der Waals surface area contributed by atoms with E-state index < -0.39 is 0 Å². The van der Waals surface area contributed by atoms with Crippen LogP contribution in [0.5, 0.6) is 0 Å². The third-order valence-electron chi connectivity index (χ3n) is 5.59. The number of fused-ring (bicyclic) bond motifs is 1. The molecular weight excluding hydrogens is 326 g/mol. The van der Waals surface area contributed by atoms with Crippen LogP contribution < -0.4 is 5.32 Å². The predicted octanol–water partition coefficient (Wildman–Crippen LogP) is 2.60. The van der Waals surface area contributed by atoms with Crippen LogP contribution in [-0.4, -0.2) is 53.2 Å². The predicted molar refractivity (Wildman–Crippen MR) is 106 cm³/mol. The lowest BCUT2D eigenvalue weighted by molar-refractivity contribution is -0.120. The zero-order valence-corrected chi connectivity index (χ0v) is 16.2. The molecule has 0 radical (unpaired) electrons. The molecule has 26 heavy (non-hydrogen) atoms. The lowest BCUT2D eigenvalue weighted by atomic mass is 10.0. The number of aromatic nitrogens is 1. The highest BCUT2D eigenvalue weighted by atomic mass is 16.3. The van der Waals surface area contributed by atoms with Crippen molar-refractivity contribution < 1.29 is 9.90 Å². The summed E-state index contributed by atoms with van der Waals surface area (Å²) in [5, 5.41) is 13.7. The lowest BCUT2D eigenvalue weighted by Crippen LogP contribution is -2.45. The molecule has 5 heteroatoms. The van der Waals surface area contributed by atoms with Crippen LogP contribution in [0.2, 0.25) is 0 Å². The Morgan fingerprint density at radius 1 is 1.31 bits per heavy atom. The third kappa shape index (κ3) is 4.10. The highest BCUT2D eigenvalue weighted by Gasteiger charge is 2.21. The van der Waals surface area contributed by atoms with Gasteiger partial charge in [0.2, 0.25) is 5.91 Å². The molecule has 1 aromatic carbocycles. The number of carbonyl (C=O) groups excluding carboxylic acids is 1. The van der Waals surface area contributed by atoms with Crippen LogP contribution in [0.15, 0.2) is 12.1 Å². The van der Waals surface area contributed by atoms with Gasteiger partial charge in [-0.3, -0.25) is 9.69 Å². The summed E-state index contributed by atoms with van der Waals surface area (Å²) in [4.78, 5) is 18.2. The smallest absolute Gasteiger partial charge is 0.224 e. The van der Waals surface area contributed by atoms with E-state index in [1.54, 1.807) is 0 Å². The molecule has 142 valence electrons. The van der Waals surface area contributed by atoms with E-state index in [-0.39, 0.29) is 18.6 Å². The first-order chi connectivity index (χ1) is 12.5. The molecule has 1 unspecified atom stereocenters. The molecule has 1 aliphatic rings. The standard InChI is InChI=1S/C21H31N3O2/c1-14-10-15(2)21-19(11-14)18(16(3)23-21)12-20(26)22-7-9-24-8-5-4-6-17(24)13-25/h10-11,17,23,25H,4-9,12-13H2,1-3H3,(H,22,26). The Labute approximate surface area is 155 Å². The van der Waals surface area contributed by atoms with Crippen molar-refractivity contribution >= 4 is 16.8 Å². The summed E-state index contributed by atoms with van der Waals surface area (Å²) in [6.45, 7) is 8.90. The van der Waals surface area contributed by atoms with Gasteiger partial charge in [0.15, 0.2) is 0 Å². The minimum Gasteiger partial charge on any atom is -0.395 e. The first kappa shape index (κ1) is 18.9. The molecule has 1 fully saturated rings. The van der Waals surface area contributed by atoms with Gasteiger partial charge in [-0.15, -0.1) is 0 Å². The maximum absolute atomic E-state index is 12.5. The van der Waals surface area contributed by atoms with Gasteiger partial charge >= 0.3 is 0 Å². The Bertz CT molecular complexity index is 781. The van der Waals surface area contributed by atoms with Crippen LogP contribution >= 0.6 is 0 Å². The fraction of sp³-hybridized carbons (Fsp3) is 0.571. The molecule has 0 aliphatic carbocycles. The fourth-order valence-electron chi connectivity index (χ4n) is 4.19. The van der Waals surface area contributed by atoms with Crippen LogP contribution in [0.25, 0.3) is 10.9 Å². The summed E-state index contributed by atoms with van der Waals surface area (Å²) in [5.41, 5.74) is 5.73. The first-order valence-electron chi connectivity index (χ1n) is 9.69. The zero-order chi connectivity index (χ0) is 18.7. The summed E-state index contributed by atoms with van der Waals surface area (Å²) in [5.74, 6) is 0.0608. The number of hydrogen-bond donors (Lipinski definition) is 3. The summed E-state index contributed by atoms with van der Waals surface area (Å²) in [6, 6.07) is 4.58. The molecule has 1 saturated heterocycles. The molecule has 2 heterocycles. The Hall–Kier alpha value is -1.85. The number of piperidine rings is 1. The number of carbonyl (C=O) groups is 1. The monoisotopic (exact) mass is 357 g/mol. The van der Waals surface area contributed by atoms with E-state index in [9.17, 15) is 9.90 Å². The molecule has 3 rings (SSSR count). The second-order valence-electron chi connectivity index (χ2n) is 7.63.